The van der Waals surface area contributed by atoms with Crippen LogP contribution >= 0.6 is 11.6 Å². The number of fused-ring (bicyclic) bond motifs is 1. The molecule has 0 spiro atoms. The zero-order chi connectivity index (χ0) is 11.0. The molecule has 0 fully saturated rings. The molecule has 1 aliphatic heterocycles. The van der Waals surface area contributed by atoms with Gasteiger partial charge >= 0.3 is 0 Å². The van der Waals surface area contributed by atoms with Gasteiger partial charge in [-0.15, -0.1) is 0 Å². The largest absolute Gasteiger partial charge is 0.371 e. The number of rotatable bonds is 2. The van der Waals surface area contributed by atoms with Gasteiger partial charge < -0.3 is 4.90 Å². The molecule has 3 heteroatoms. The van der Waals surface area contributed by atoms with Gasteiger partial charge in [-0.3, -0.25) is 4.79 Å². The first kappa shape index (κ1) is 10.5. The van der Waals surface area contributed by atoms with Crippen LogP contribution in [0.4, 0.5) is 5.69 Å². The summed E-state index contributed by atoms with van der Waals surface area (Å²) < 4.78 is 0. The second-order valence-electron chi connectivity index (χ2n) is 3.91. The van der Waals surface area contributed by atoms with Gasteiger partial charge in [0.15, 0.2) is 0 Å². The highest BCUT2D eigenvalue weighted by atomic mass is 35.5. The molecule has 1 heterocycles. The molecule has 2 nitrogen and oxygen atoms in total. The Bertz CT molecular complexity index is 403. The maximum Gasteiger partial charge on any atom is 0.139 e. The Balaban J connectivity index is 2.47. The fourth-order valence-corrected chi connectivity index (χ4v) is 2.34. The van der Waals surface area contributed by atoms with Gasteiger partial charge in [0.1, 0.15) is 5.78 Å². The van der Waals surface area contributed by atoms with Gasteiger partial charge in [0.25, 0.3) is 0 Å². The first-order valence-corrected chi connectivity index (χ1v) is 5.56. The van der Waals surface area contributed by atoms with Gasteiger partial charge in [0, 0.05) is 23.8 Å². The quantitative estimate of drug-likeness (QED) is 0.769. The number of Topliss-reactive ketones (excluding diaryl/α,β-unsaturated/α-hetero) is 1. The van der Waals surface area contributed by atoms with Crippen molar-refractivity contribution in [2.75, 3.05) is 18.0 Å². The summed E-state index contributed by atoms with van der Waals surface area (Å²) in [5, 5.41) is 0.706. The molecule has 0 bridgehead atoms. The summed E-state index contributed by atoms with van der Waals surface area (Å²) in [5.41, 5.74) is 2.24. The van der Waals surface area contributed by atoms with Gasteiger partial charge in [-0.2, -0.15) is 0 Å². The third kappa shape index (κ3) is 1.74. The zero-order valence-electron chi connectivity index (χ0n) is 8.96. The molecular formula is C12H14ClNO. The van der Waals surface area contributed by atoms with E-state index in [1.54, 1.807) is 6.92 Å². The molecular weight excluding hydrogens is 210 g/mol. The Morgan fingerprint density at radius 3 is 2.93 bits per heavy atom. The minimum atomic E-state index is -0.00125. The number of halogens is 1. The number of carbonyl (C=O) groups excluding carboxylic acids is 1. The highest BCUT2D eigenvalue weighted by Gasteiger charge is 2.30. The minimum absolute atomic E-state index is 0.00125. The Hall–Kier alpha value is -1.02. The van der Waals surface area contributed by atoms with Crippen molar-refractivity contribution < 1.29 is 4.79 Å². The van der Waals surface area contributed by atoms with Crippen LogP contribution in [0.25, 0.3) is 0 Å². The molecule has 1 unspecified atom stereocenters. The van der Waals surface area contributed by atoms with Crippen LogP contribution in [0.3, 0.4) is 0 Å². The molecule has 80 valence electrons. The van der Waals surface area contributed by atoms with E-state index >= 15 is 0 Å². The molecule has 0 radical (unpaired) electrons. The fraction of sp³-hybridized carbons (Fsp3) is 0.417. The first-order valence-electron chi connectivity index (χ1n) is 5.18. The van der Waals surface area contributed by atoms with Crippen molar-refractivity contribution in [2.45, 2.75) is 19.8 Å². The summed E-state index contributed by atoms with van der Waals surface area (Å²) >= 11 is 5.95. The van der Waals surface area contributed by atoms with E-state index in [9.17, 15) is 4.79 Å². The van der Waals surface area contributed by atoms with E-state index in [0.29, 0.717) is 5.02 Å². The molecule has 0 N–H and O–H groups in total. The van der Waals surface area contributed by atoms with Crippen LogP contribution in [0, 0.1) is 0 Å². The summed E-state index contributed by atoms with van der Waals surface area (Å²) in [6.07, 6.45) is 0. The van der Waals surface area contributed by atoms with Crippen LogP contribution < -0.4 is 4.90 Å². The molecule has 1 aromatic carbocycles. The third-order valence-electron chi connectivity index (χ3n) is 2.98. The fourth-order valence-electron chi connectivity index (χ4n) is 2.16. The average molecular weight is 224 g/mol. The van der Waals surface area contributed by atoms with E-state index in [1.165, 1.54) is 0 Å². The van der Waals surface area contributed by atoms with E-state index in [2.05, 4.69) is 11.8 Å². The van der Waals surface area contributed by atoms with Crippen LogP contribution in [0.2, 0.25) is 5.02 Å². The number of ketones is 1. The highest BCUT2D eigenvalue weighted by molar-refractivity contribution is 6.30. The Labute approximate surface area is 94.8 Å². The molecule has 1 aliphatic rings. The summed E-state index contributed by atoms with van der Waals surface area (Å²) in [6.45, 7) is 5.47. The van der Waals surface area contributed by atoms with Gasteiger partial charge in [-0.25, -0.2) is 0 Å². The molecule has 0 amide bonds. The lowest BCUT2D eigenvalue weighted by atomic mass is 9.98. The topological polar surface area (TPSA) is 20.3 Å². The predicted octanol–water partition coefficient (Wildman–Crippen LogP) is 2.85. The monoisotopic (exact) mass is 223 g/mol. The third-order valence-corrected chi connectivity index (χ3v) is 3.22. The molecule has 1 aromatic rings. The lowest BCUT2D eigenvalue weighted by Crippen LogP contribution is -2.23. The number of hydrogen-bond donors (Lipinski definition) is 0. The Kier molecular flexibility index (Phi) is 2.70. The van der Waals surface area contributed by atoms with Crippen molar-refractivity contribution in [1.29, 1.82) is 0 Å². The van der Waals surface area contributed by atoms with Crippen molar-refractivity contribution in [3.63, 3.8) is 0 Å². The van der Waals surface area contributed by atoms with E-state index in [1.807, 2.05) is 18.2 Å². The highest BCUT2D eigenvalue weighted by Crippen LogP contribution is 2.37. The molecule has 0 saturated heterocycles. The van der Waals surface area contributed by atoms with Crippen LogP contribution in [0.1, 0.15) is 25.3 Å². The van der Waals surface area contributed by atoms with Crippen LogP contribution in [0.5, 0.6) is 0 Å². The minimum Gasteiger partial charge on any atom is -0.371 e. The van der Waals surface area contributed by atoms with Crippen LogP contribution in [-0.4, -0.2) is 18.9 Å². The van der Waals surface area contributed by atoms with E-state index in [4.69, 9.17) is 11.6 Å². The smallest absolute Gasteiger partial charge is 0.139 e. The van der Waals surface area contributed by atoms with Crippen molar-refractivity contribution in [3.05, 3.63) is 28.8 Å². The Morgan fingerprint density at radius 1 is 1.60 bits per heavy atom. The van der Waals surface area contributed by atoms with Gasteiger partial charge in [-0.1, -0.05) is 11.6 Å². The molecule has 1 atom stereocenters. The van der Waals surface area contributed by atoms with E-state index < -0.39 is 0 Å². The van der Waals surface area contributed by atoms with Crippen LogP contribution in [-0.2, 0) is 4.79 Å². The molecule has 0 saturated carbocycles. The summed E-state index contributed by atoms with van der Waals surface area (Å²) in [7, 11) is 0. The van der Waals surface area contributed by atoms with E-state index in [0.717, 1.165) is 24.3 Å². The normalized spacial score (nSPS) is 19.1. The lowest BCUT2D eigenvalue weighted by molar-refractivity contribution is -0.118. The summed E-state index contributed by atoms with van der Waals surface area (Å²) in [5.74, 6) is 0.216. The van der Waals surface area contributed by atoms with Gasteiger partial charge in [-0.05, 0) is 37.6 Å². The van der Waals surface area contributed by atoms with E-state index in [-0.39, 0.29) is 11.7 Å². The number of anilines is 1. The van der Waals surface area contributed by atoms with Crippen molar-refractivity contribution in [2.24, 2.45) is 0 Å². The number of hydrogen-bond acceptors (Lipinski definition) is 2. The van der Waals surface area contributed by atoms with Gasteiger partial charge in [0.05, 0.1) is 5.92 Å². The number of benzene rings is 1. The zero-order valence-corrected chi connectivity index (χ0v) is 9.71. The Morgan fingerprint density at radius 2 is 2.33 bits per heavy atom. The maximum atomic E-state index is 11.5. The SMILES string of the molecule is CCN1CC(C(C)=O)c2cc(Cl)ccc21. The number of carbonyl (C=O) groups is 1. The number of nitrogens with zero attached hydrogens (tertiary/aromatic N) is 1. The van der Waals surface area contributed by atoms with Crippen LogP contribution in [0.15, 0.2) is 18.2 Å². The first-order chi connectivity index (χ1) is 7.13. The molecule has 15 heavy (non-hydrogen) atoms. The van der Waals surface area contributed by atoms with Crippen molar-refractivity contribution in [1.82, 2.24) is 0 Å². The lowest BCUT2D eigenvalue weighted by Gasteiger charge is -2.16. The maximum absolute atomic E-state index is 11.5. The van der Waals surface area contributed by atoms with Gasteiger partial charge in [0.2, 0.25) is 0 Å². The second kappa shape index (κ2) is 3.86. The standard InChI is InChI=1S/C12H14ClNO/c1-3-14-7-11(8(2)15)10-6-9(13)4-5-12(10)14/h4-6,11H,3,7H2,1-2H3. The average Bonchev–Trinajstić information content (AvgIpc) is 2.55. The molecule has 0 aliphatic carbocycles. The van der Waals surface area contributed by atoms with Crippen molar-refractivity contribution in [3.8, 4) is 0 Å². The van der Waals surface area contributed by atoms with Crippen molar-refractivity contribution >= 4 is 23.1 Å². The molecule has 0 aromatic heterocycles. The summed E-state index contributed by atoms with van der Waals surface area (Å²) in [6, 6.07) is 5.80. The summed E-state index contributed by atoms with van der Waals surface area (Å²) in [4.78, 5) is 13.7. The predicted molar refractivity (Wildman–Crippen MR) is 62.8 cm³/mol. The molecule has 2 rings (SSSR count). The number of likely N-dealkylation sites (N-methyl/N-ethyl adjacent to an activating group) is 1. The second-order valence-corrected chi connectivity index (χ2v) is 4.34.